The summed E-state index contributed by atoms with van der Waals surface area (Å²) < 4.78 is 5.09. The molecular weight excluding hydrogens is 522 g/mol. The second kappa shape index (κ2) is 14.0. The highest BCUT2D eigenvalue weighted by atomic mass is 16.4. The van der Waals surface area contributed by atoms with E-state index in [0.717, 1.165) is 0 Å². The number of nitrogens with one attached hydrogen (secondary N) is 4. The monoisotopic (exact) mass is 549 g/mol. The maximum Gasteiger partial charge on any atom is 0.394 e. The fraction of sp³-hybridized carbons (Fsp3) is 0.348. The lowest BCUT2D eigenvalue weighted by Crippen LogP contribution is -2.54. The quantitative estimate of drug-likeness (QED) is 0.0621. The van der Waals surface area contributed by atoms with Gasteiger partial charge in [-0.2, -0.15) is 0 Å². The van der Waals surface area contributed by atoms with E-state index >= 15 is 0 Å². The zero-order chi connectivity index (χ0) is 29.1. The second-order valence-corrected chi connectivity index (χ2v) is 8.28. The van der Waals surface area contributed by atoms with Crippen LogP contribution in [0, 0.1) is 0 Å². The molecule has 0 aliphatic heterocycles. The molecule has 0 aliphatic carbocycles. The standard InChI is InChI=1S/C23H27N5O11/c24-12-4-5-13-11(8-18(30)39-16(13)9-12)7-17(29)25-6-2-1-3-14(20(32)33)27-23(38)28-15(21(34)35)10-26-19(31)22(36)37/h4-5,8-9,14-15H,1-3,6-7,10,24H2,(H,25,29)(H,26,31)(H,32,33)(H,34,35)(H,36,37)(H2,27,28,38)/t14-,15-/m0/s1. The number of unbranched alkanes of at least 4 members (excludes halogenated alkanes) is 1. The van der Waals surface area contributed by atoms with Crippen molar-refractivity contribution in [3.8, 4) is 0 Å². The van der Waals surface area contributed by atoms with Crippen LogP contribution in [0.2, 0.25) is 0 Å². The third-order valence-corrected chi connectivity index (χ3v) is 5.31. The van der Waals surface area contributed by atoms with Crippen LogP contribution in [-0.2, 0) is 30.4 Å². The molecule has 0 aliphatic rings. The van der Waals surface area contributed by atoms with Crippen molar-refractivity contribution < 1.29 is 48.5 Å². The maximum absolute atomic E-state index is 12.3. The number of carboxylic acids is 3. The molecule has 2 rings (SSSR count). The smallest absolute Gasteiger partial charge is 0.394 e. The number of carbonyl (C=O) groups is 6. The van der Waals surface area contributed by atoms with Crippen molar-refractivity contribution in [2.75, 3.05) is 18.8 Å². The van der Waals surface area contributed by atoms with Crippen molar-refractivity contribution in [1.29, 1.82) is 0 Å². The highest BCUT2D eigenvalue weighted by molar-refractivity contribution is 6.31. The number of hydrogen-bond donors (Lipinski definition) is 8. The number of benzene rings is 1. The average molecular weight is 549 g/mol. The van der Waals surface area contributed by atoms with E-state index in [-0.39, 0.29) is 37.3 Å². The largest absolute Gasteiger partial charge is 0.480 e. The summed E-state index contributed by atoms with van der Waals surface area (Å²) >= 11 is 0. The molecule has 16 nitrogen and oxygen atoms in total. The van der Waals surface area contributed by atoms with Crippen LogP contribution in [0.15, 0.2) is 33.5 Å². The molecule has 2 aromatic rings. The number of nitrogen functional groups attached to an aromatic ring is 1. The van der Waals surface area contributed by atoms with E-state index in [9.17, 15) is 38.7 Å². The van der Waals surface area contributed by atoms with Gasteiger partial charge in [0.05, 0.1) is 6.42 Å². The van der Waals surface area contributed by atoms with Crippen LogP contribution in [-0.4, -0.2) is 76.2 Å². The molecule has 16 heteroatoms. The molecule has 0 unspecified atom stereocenters. The lowest BCUT2D eigenvalue weighted by atomic mass is 10.1. The predicted octanol–water partition coefficient (Wildman–Crippen LogP) is -1.39. The molecule has 2 atom stereocenters. The van der Waals surface area contributed by atoms with Gasteiger partial charge in [-0.1, -0.05) is 0 Å². The van der Waals surface area contributed by atoms with Gasteiger partial charge in [-0.15, -0.1) is 0 Å². The Labute approximate surface area is 219 Å². The molecule has 4 amide bonds. The zero-order valence-electron chi connectivity index (χ0n) is 20.4. The Morgan fingerprint density at radius 1 is 0.897 bits per heavy atom. The minimum Gasteiger partial charge on any atom is -0.480 e. The molecule has 0 spiro atoms. The van der Waals surface area contributed by atoms with Crippen LogP contribution in [0.1, 0.15) is 24.8 Å². The molecule has 0 fully saturated rings. The van der Waals surface area contributed by atoms with Crippen LogP contribution < -0.4 is 32.6 Å². The van der Waals surface area contributed by atoms with Crippen LogP contribution in [0.4, 0.5) is 10.5 Å². The van der Waals surface area contributed by atoms with E-state index in [1.54, 1.807) is 17.4 Å². The number of fused-ring (bicyclic) bond motifs is 1. The Kier molecular flexibility index (Phi) is 10.8. The normalized spacial score (nSPS) is 12.1. The Morgan fingerprint density at radius 3 is 2.21 bits per heavy atom. The molecule has 0 saturated carbocycles. The van der Waals surface area contributed by atoms with Crippen molar-refractivity contribution >= 4 is 52.4 Å². The number of rotatable bonds is 13. The molecule has 1 aromatic carbocycles. The fourth-order valence-electron chi connectivity index (χ4n) is 3.42. The summed E-state index contributed by atoms with van der Waals surface area (Å²) in [5, 5.41) is 36.0. The number of hydrogen-bond acceptors (Lipinski definition) is 9. The van der Waals surface area contributed by atoms with Gasteiger partial charge in [0.25, 0.3) is 0 Å². The van der Waals surface area contributed by atoms with E-state index in [1.165, 1.54) is 12.1 Å². The van der Waals surface area contributed by atoms with Gasteiger partial charge in [-0.05, 0) is 37.0 Å². The van der Waals surface area contributed by atoms with Crippen molar-refractivity contribution in [3.63, 3.8) is 0 Å². The van der Waals surface area contributed by atoms with E-state index in [4.69, 9.17) is 20.4 Å². The van der Waals surface area contributed by atoms with Gasteiger partial charge < -0.3 is 46.7 Å². The third kappa shape index (κ3) is 9.67. The van der Waals surface area contributed by atoms with Crippen LogP contribution in [0.5, 0.6) is 0 Å². The van der Waals surface area contributed by atoms with Gasteiger partial charge in [0.2, 0.25) is 5.91 Å². The van der Waals surface area contributed by atoms with Crippen LogP contribution >= 0.6 is 0 Å². The summed E-state index contributed by atoms with van der Waals surface area (Å²) in [5.74, 6) is -6.70. The molecule has 9 N–H and O–H groups in total. The van der Waals surface area contributed by atoms with Gasteiger partial charge in [0.1, 0.15) is 17.7 Å². The number of anilines is 1. The summed E-state index contributed by atoms with van der Waals surface area (Å²) in [7, 11) is 0. The number of carboxylic acid groups (broad SMARTS) is 3. The first kappa shape index (κ1) is 30.1. The number of aliphatic carboxylic acids is 3. The zero-order valence-corrected chi connectivity index (χ0v) is 20.4. The van der Waals surface area contributed by atoms with Gasteiger partial charge in [-0.25, -0.2) is 24.0 Å². The lowest BCUT2D eigenvalue weighted by Gasteiger charge is -2.18. The van der Waals surface area contributed by atoms with Crippen molar-refractivity contribution in [1.82, 2.24) is 21.3 Å². The lowest BCUT2D eigenvalue weighted by molar-refractivity contribution is -0.150. The van der Waals surface area contributed by atoms with E-state index in [1.807, 2.05) is 5.32 Å². The molecule has 39 heavy (non-hydrogen) atoms. The number of urea groups is 1. The summed E-state index contributed by atoms with van der Waals surface area (Å²) in [4.78, 5) is 80.4. The first-order valence-corrected chi connectivity index (χ1v) is 11.5. The Hall–Kier alpha value is -5.15. The average Bonchev–Trinajstić information content (AvgIpc) is 2.84. The van der Waals surface area contributed by atoms with Crippen molar-refractivity contribution in [2.45, 2.75) is 37.8 Å². The highest BCUT2D eigenvalue weighted by Crippen LogP contribution is 2.20. The number of nitrogens with two attached hydrogens (primary N) is 1. The summed E-state index contributed by atoms with van der Waals surface area (Å²) in [6.45, 7) is -0.572. The first-order chi connectivity index (χ1) is 18.4. The molecule has 1 aromatic heterocycles. The minimum absolute atomic E-state index is 0.0576. The Balaban J connectivity index is 1.80. The fourth-order valence-corrected chi connectivity index (χ4v) is 3.42. The topological polar surface area (TPSA) is 267 Å². The van der Waals surface area contributed by atoms with Crippen molar-refractivity contribution in [3.05, 3.63) is 40.2 Å². The van der Waals surface area contributed by atoms with Crippen molar-refractivity contribution in [2.24, 2.45) is 0 Å². The predicted molar refractivity (Wildman–Crippen MR) is 133 cm³/mol. The maximum atomic E-state index is 12.3. The van der Waals surface area contributed by atoms with Gasteiger partial charge in [-0.3, -0.25) is 9.59 Å². The minimum atomic E-state index is -1.85. The Morgan fingerprint density at radius 2 is 1.56 bits per heavy atom. The third-order valence-electron chi connectivity index (χ3n) is 5.31. The summed E-state index contributed by atoms with van der Waals surface area (Å²) in [5.41, 5.74) is 6.15. The summed E-state index contributed by atoms with van der Waals surface area (Å²) in [6.07, 6.45) is 0.429. The summed E-state index contributed by atoms with van der Waals surface area (Å²) in [6, 6.07) is 1.65. The first-order valence-electron chi connectivity index (χ1n) is 11.5. The number of amides is 4. The molecular formula is C23H27N5O11. The van der Waals surface area contributed by atoms with E-state index in [2.05, 4.69) is 10.6 Å². The van der Waals surface area contributed by atoms with Gasteiger partial charge >= 0.3 is 35.5 Å². The Bertz CT molecular complexity index is 1320. The number of carbonyl (C=O) groups excluding carboxylic acids is 3. The second-order valence-electron chi connectivity index (χ2n) is 8.28. The van der Waals surface area contributed by atoms with Gasteiger partial charge in [0.15, 0.2) is 0 Å². The van der Waals surface area contributed by atoms with E-state index in [0.29, 0.717) is 23.1 Å². The molecule has 0 bridgehead atoms. The molecule has 0 saturated heterocycles. The molecule has 210 valence electrons. The SMILES string of the molecule is Nc1ccc2c(CC(=O)NCCCC[C@H](NC(=O)N[C@@H](CNC(=O)C(=O)O)C(=O)O)C(=O)O)cc(=O)oc2c1. The highest BCUT2D eigenvalue weighted by Gasteiger charge is 2.25. The van der Waals surface area contributed by atoms with Crippen LogP contribution in [0.3, 0.4) is 0 Å². The molecule has 1 heterocycles. The van der Waals surface area contributed by atoms with Crippen LogP contribution in [0.25, 0.3) is 11.0 Å². The molecule has 0 radical (unpaired) electrons. The van der Waals surface area contributed by atoms with E-state index < -0.39 is 54.1 Å². The van der Waals surface area contributed by atoms with Gasteiger partial charge in [0, 0.05) is 36.3 Å².